The second kappa shape index (κ2) is 9.87. The van der Waals surface area contributed by atoms with E-state index >= 15 is 0 Å². The van der Waals surface area contributed by atoms with Gasteiger partial charge in [-0.05, 0) is 36.4 Å². The van der Waals surface area contributed by atoms with Crippen LogP contribution in [-0.4, -0.2) is 34.6 Å². The van der Waals surface area contributed by atoms with Gasteiger partial charge < -0.3 is 25.3 Å². The number of esters is 1. The van der Waals surface area contributed by atoms with Crippen LogP contribution in [0.2, 0.25) is 0 Å². The predicted octanol–water partition coefficient (Wildman–Crippen LogP) is 3.13. The number of hydrogen-bond donors (Lipinski definition) is 2. The van der Waals surface area contributed by atoms with Crippen LogP contribution in [0.3, 0.4) is 0 Å². The van der Waals surface area contributed by atoms with Gasteiger partial charge in [-0.25, -0.2) is 4.79 Å². The Kier molecular flexibility index (Phi) is 6.78. The van der Waals surface area contributed by atoms with Crippen LogP contribution < -0.4 is 20.5 Å². The summed E-state index contributed by atoms with van der Waals surface area (Å²) in [6.07, 6.45) is 1.64. The van der Waals surface area contributed by atoms with E-state index in [4.69, 9.17) is 19.9 Å². The molecule has 1 aromatic heterocycles. The van der Waals surface area contributed by atoms with E-state index in [0.717, 1.165) is 0 Å². The van der Waals surface area contributed by atoms with Crippen LogP contribution in [0.25, 0.3) is 0 Å². The zero-order valence-corrected chi connectivity index (χ0v) is 16.4. The number of nitrogens with one attached hydrogen (secondary N) is 1. The Hall–Kier alpha value is -4.14. The lowest BCUT2D eigenvalue weighted by Gasteiger charge is -2.11. The number of carbonyl (C=O) groups excluding carboxylic acids is 1. The summed E-state index contributed by atoms with van der Waals surface area (Å²) in [6.45, 7) is 3.80. The Morgan fingerprint density at radius 3 is 2.63 bits per heavy atom. The minimum atomic E-state index is -0.525. The van der Waals surface area contributed by atoms with Crippen molar-refractivity contribution in [2.75, 3.05) is 24.8 Å². The van der Waals surface area contributed by atoms with Gasteiger partial charge in [0.15, 0.2) is 12.4 Å². The first-order chi connectivity index (χ1) is 14.6. The second-order valence-electron chi connectivity index (χ2n) is 5.96. The van der Waals surface area contributed by atoms with E-state index in [1.807, 2.05) is 12.1 Å². The van der Waals surface area contributed by atoms with Crippen LogP contribution in [0.5, 0.6) is 11.5 Å². The Labute approximate surface area is 173 Å². The molecule has 0 aliphatic carbocycles. The number of hydrogen-bond acceptors (Lipinski definition) is 9. The summed E-state index contributed by atoms with van der Waals surface area (Å²) < 4.78 is 16.0. The van der Waals surface area contributed by atoms with Crippen molar-refractivity contribution in [3.05, 3.63) is 72.6 Å². The lowest BCUT2D eigenvalue weighted by molar-refractivity contribution is 0.0462. The molecule has 0 radical (unpaired) electrons. The maximum Gasteiger partial charge on any atom is 0.338 e. The van der Waals surface area contributed by atoms with E-state index < -0.39 is 5.97 Å². The molecular weight excluding hydrogens is 386 g/mol. The first-order valence-electron chi connectivity index (χ1n) is 9.00. The third-order valence-electron chi connectivity index (χ3n) is 3.84. The van der Waals surface area contributed by atoms with Gasteiger partial charge >= 0.3 is 5.97 Å². The normalized spacial score (nSPS) is 10.2. The monoisotopic (exact) mass is 407 g/mol. The van der Waals surface area contributed by atoms with Crippen molar-refractivity contribution >= 4 is 23.6 Å². The Balaban J connectivity index is 1.65. The van der Waals surface area contributed by atoms with Crippen LogP contribution >= 0.6 is 0 Å². The standard InChI is InChI=1S/C21H21N5O4/c1-3-12-29-15-10-8-14(9-11-15)19(27)30-13-18-24-20(22)26-21(25-18)23-16-6-4-5-7-17(16)28-2/h3-11H,1,12-13H2,2H3,(H3,22,23,24,25,26). The molecule has 30 heavy (non-hydrogen) atoms. The summed E-state index contributed by atoms with van der Waals surface area (Å²) in [6, 6.07) is 13.9. The van der Waals surface area contributed by atoms with Gasteiger partial charge in [0, 0.05) is 0 Å². The third kappa shape index (κ3) is 5.44. The average Bonchev–Trinajstić information content (AvgIpc) is 2.76. The summed E-state index contributed by atoms with van der Waals surface area (Å²) in [5.41, 5.74) is 6.79. The summed E-state index contributed by atoms with van der Waals surface area (Å²) in [4.78, 5) is 24.6. The van der Waals surface area contributed by atoms with E-state index in [0.29, 0.717) is 29.4 Å². The number of nitrogens with two attached hydrogens (primary N) is 1. The Morgan fingerprint density at radius 1 is 1.13 bits per heavy atom. The van der Waals surface area contributed by atoms with Crippen LogP contribution in [-0.2, 0) is 11.3 Å². The summed E-state index contributed by atoms with van der Waals surface area (Å²) in [5.74, 6) is 1.13. The molecule has 1 heterocycles. The van der Waals surface area contributed by atoms with Crippen LogP contribution in [0.4, 0.5) is 17.6 Å². The van der Waals surface area contributed by atoms with Crippen molar-refractivity contribution in [1.82, 2.24) is 15.0 Å². The van der Waals surface area contributed by atoms with Crippen LogP contribution in [0.15, 0.2) is 61.2 Å². The predicted molar refractivity (Wildman–Crippen MR) is 112 cm³/mol. The highest BCUT2D eigenvalue weighted by atomic mass is 16.5. The lowest BCUT2D eigenvalue weighted by atomic mass is 10.2. The highest BCUT2D eigenvalue weighted by molar-refractivity contribution is 5.89. The number of aromatic nitrogens is 3. The van der Waals surface area contributed by atoms with Gasteiger partial charge in [-0.1, -0.05) is 24.8 Å². The van der Waals surface area contributed by atoms with E-state index in [1.54, 1.807) is 49.6 Å². The molecular formula is C21H21N5O4. The largest absolute Gasteiger partial charge is 0.495 e. The highest BCUT2D eigenvalue weighted by Crippen LogP contribution is 2.25. The molecule has 0 fully saturated rings. The number of carbonyl (C=O) groups is 1. The lowest BCUT2D eigenvalue weighted by Crippen LogP contribution is -2.11. The number of anilines is 3. The number of ether oxygens (including phenoxy) is 3. The molecule has 0 spiro atoms. The fourth-order valence-electron chi connectivity index (χ4n) is 2.48. The van der Waals surface area contributed by atoms with E-state index in [9.17, 15) is 4.79 Å². The topological polar surface area (TPSA) is 121 Å². The molecule has 0 unspecified atom stereocenters. The Morgan fingerprint density at radius 2 is 1.90 bits per heavy atom. The molecule has 0 saturated carbocycles. The third-order valence-corrected chi connectivity index (χ3v) is 3.84. The molecule has 0 aliphatic rings. The first kappa shape index (κ1) is 20.6. The molecule has 0 bridgehead atoms. The molecule has 3 aromatic rings. The number of rotatable bonds is 9. The molecule has 3 N–H and O–H groups in total. The molecule has 0 amide bonds. The van der Waals surface area contributed by atoms with E-state index in [-0.39, 0.29) is 24.3 Å². The molecule has 9 nitrogen and oxygen atoms in total. The van der Waals surface area contributed by atoms with Crippen LogP contribution in [0, 0.1) is 0 Å². The number of para-hydroxylation sites is 2. The van der Waals surface area contributed by atoms with Crippen molar-refractivity contribution in [2.45, 2.75) is 6.61 Å². The zero-order chi connectivity index (χ0) is 21.3. The van der Waals surface area contributed by atoms with Crippen molar-refractivity contribution < 1.29 is 19.0 Å². The van der Waals surface area contributed by atoms with Gasteiger partial charge in [0.2, 0.25) is 11.9 Å². The van der Waals surface area contributed by atoms with Gasteiger partial charge in [-0.15, -0.1) is 0 Å². The maximum absolute atomic E-state index is 12.3. The van der Waals surface area contributed by atoms with Gasteiger partial charge in [-0.3, -0.25) is 0 Å². The van der Waals surface area contributed by atoms with Gasteiger partial charge in [0.1, 0.15) is 18.1 Å². The summed E-state index contributed by atoms with van der Waals surface area (Å²) in [7, 11) is 1.56. The van der Waals surface area contributed by atoms with E-state index in [1.165, 1.54) is 0 Å². The minimum absolute atomic E-state index is 0.00262. The fraction of sp³-hybridized carbons (Fsp3) is 0.143. The average molecular weight is 407 g/mol. The first-order valence-corrected chi connectivity index (χ1v) is 9.00. The molecule has 154 valence electrons. The van der Waals surface area contributed by atoms with Crippen molar-refractivity contribution in [2.24, 2.45) is 0 Å². The highest BCUT2D eigenvalue weighted by Gasteiger charge is 2.12. The number of methoxy groups -OCH3 is 1. The van der Waals surface area contributed by atoms with Crippen molar-refractivity contribution in [3.8, 4) is 11.5 Å². The van der Waals surface area contributed by atoms with Gasteiger partial charge in [0.25, 0.3) is 0 Å². The molecule has 3 rings (SSSR count). The SMILES string of the molecule is C=CCOc1ccc(C(=O)OCc2nc(N)nc(Nc3ccccc3OC)n2)cc1. The van der Waals surface area contributed by atoms with Crippen molar-refractivity contribution in [3.63, 3.8) is 0 Å². The molecule has 0 saturated heterocycles. The maximum atomic E-state index is 12.3. The molecule has 0 atom stereocenters. The quantitative estimate of drug-likeness (QED) is 0.407. The van der Waals surface area contributed by atoms with Gasteiger partial charge in [0.05, 0.1) is 18.4 Å². The summed E-state index contributed by atoms with van der Waals surface area (Å²) >= 11 is 0. The molecule has 9 heteroatoms. The van der Waals surface area contributed by atoms with Crippen LogP contribution in [0.1, 0.15) is 16.2 Å². The Bertz CT molecular complexity index is 1020. The van der Waals surface area contributed by atoms with Crippen molar-refractivity contribution in [1.29, 1.82) is 0 Å². The number of nitrogen functional groups attached to an aromatic ring is 1. The van der Waals surface area contributed by atoms with E-state index in [2.05, 4.69) is 26.8 Å². The smallest absolute Gasteiger partial charge is 0.338 e. The minimum Gasteiger partial charge on any atom is -0.495 e. The second-order valence-corrected chi connectivity index (χ2v) is 5.96. The number of nitrogens with zero attached hydrogens (tertiary/aromatic N) is 3. The molecule has 0 aliphatic heterocycles. The fourth-order valence-corrected chi connectivity index (χ4v) is 2.48. The zero-order valence-electron chi connectivity index (χ0n) is 16.4. The number of benzene rings is 2. The summed E-state index contributed by atoms with van der Waals surface area (Å²) in [5, 5.41) is 3.02. The molecule has 2 aromatic carbocycles. The van der Waals surface area contributed by atoms with Gasteiger partial charge in [-0.2, -0.15) is 15.0 Å².